The fourth-order valence-electron chi connectivity index (χ4n) is 0.262. The van der Waals surface area contributed by atoms with Crippen molar-refractivity contribution < 1.29 is 5.21 Å². The Labute approximate surface area is 52.3 Å². The molecule has 0 aliphatic carbocycles. The molecule has 0 rings (SSSR count). The van der Waals surface area contributed by atoms with Gasteiger partial charge in [0.15, 0.2) is 0 Å². The number of rotatable bonds is 2. The van der Waals surface area contributed by atoms with Crippen molar-refractivity contribution in [3.8, 4) is 0 Å². The number of oxime groups is 1. The Morgan fingerprint density at radius 3 is 2.62 bits per heavy atom. The van der Waals surface area contributed by atoms with Gasteiger partial charge in [0.2, 0.25) is 0 Å². The molecule has 0 aliphatic heterocycles. The van der Waals surface area contributed by atoms with E-state index in [9.17, 15) is 0 Å². The van der Waals surface area contributed by atoms with E-state index < -0.39 is 0 Å². The third kappa shape index (κ3) is 1.93. The summed E-state index contributed by atoms with van der Waals surface area (Å²) in [5.74, 6) is 0. The molecule has 0 aromatic heterocycles. The highest BCUT2D eigenvalue weighted by Crippen LogP contribution is 2.00. The fraction of sp³-hybridized carbons (Fsp3) is 0.400. The average Bonchev–Trinajstić information content (AvgIpc) is 1.84. The second-order valence-corrected chi connectivity index (χ2v) is 3.01. The van der Waals surface area contributed by atoms with Crippen molar-refractivity contribution >= 4 is 16.0 Å². The van der Waals surface area contributed by atoms with Gasteiger partial charge in [0.1, 0.15) is 0 Å². The minimum Gasteiger partial charge on any atom is -0.411 e. The first-order chi connectivity index (χ1) is 3.72. The first kappa shape index (κ1) is 7.43. The monoisotopic (exact) mass is 129 g/mol. The molecule has 0 aliphatic rings. The van der Waals surface area contributed by atoms with Crippen LogP contribution >= 0.6 is 0 Å². The molecule has 1 N–H and O–H groups in total. The van der Waals surface area contributed by atoms with E-state index in [-0.39, 0.29) is 0 Å². The molecule has 0 saturated heterocycles. The summed E-state index contributed by atoms with van der Waals surface area (Å²) in [5, 5.41) is 11.2. The summed E-state index contributed by atoms with van der Waals surface area (Å²) in [6.45, 7) is 5.36. The molecule has 0 aromatic carbocycles. The second kappa shape index (κ2) is 3.43. The highest BCUT2D eigenvalue weighted by atomic mass is 28.1. The van der Waals surface area contributed by atoms with Crippen molar-refractivity contribution in [3.63, 3.8) is 0 Å². The van der Waals surface area contributed by atoms with Crippen LogP contribution in [0.2, 0.25) is 5.54 Å². The Morgan fingerprint density at radius 2 is 2.50 bits per heavy atom. The lowest BCUT2D eigenvalue weighted by Crippen LogP contribution is -1.99. The minimum atomic E-state index is 0.319. The highest BCUT2D eigenvalue weighted by Gasteiger charge is 1.97. The standard InChI is InChI=1S/C5H11NOSi/c1-3-5(8)4(2)6-7/h3,5,7H,1H2,2,8H3. The van der Waals surface area contributed by atoms with E-state index in [0.717, 1.165) is 16.0 Å². The molecule has 0 saturated carbocycles. The molecule has 0 heterocycles. The summed E-state index contributed by atoms with van der Waals surface area (Å²) in [7, 11) is 0.974. The number of allylic oxidation sites excluding steroid dienone is 1. The summed E-state index contributed by atoms with van der Waals surface area (Å²) < 4.78 is 0. The van der Waals surface area contributed by atoms with E-state index in [4.69, 9.17) is 5.21 Å². The van der Waals surface area contributed by atoms with Crippen molar-refractivity contribution in [1.29, 1.82) is 0 Å². The fourth-order valence-corrected chi connectivity index (χ4v) is 0.377. The minimum absolute atomic E-state index is 0.319. The van der Waals surface area contributed by atoms with Gasteiger partial charge < -0.3 is 5.21 Å². The molecule has 0 aromatic rings. The summed E-state index contributed by atoms with van der Waals surface area (Å²) in [4.78, 5) is 0. The first-order valence-corrected chi connectivity index (χ1v) is 3.69. The van der Waals surface area contributed by atoms with Gasteiger partial charge in [-0.05, 0) is 6.92 Å². The summed E-state index contributed by atoms with van der Waals surface area (Å²) >= 11 is 0. The van der Waals surface area contributed by atoms with Gasteiger partial charge in [-0.1, -0.05) is 11.2 Å². The van der Waals surface area contributed by atoms with Crippen LogP contribution in [0, 0.1) is 0 Å². The zero-order valence-corrected chi connectivity index (χ0v) is 7.26. The predicted molar refractivity (Wildman–Crippen MR) is 38.8 cm³/mol. The predicted octanol–water partition coefficient (Wildman–Crippen LogP) is 0.176. The third-order valence-electron chi connectivity index (χ3n) is 1.17. The van der Waals surface area contributed by atoms with E-state index in [1.807, 2.05) is 0 Å². The molecule has 1 unspecified atom stereocenters. The number of hydrogen-bond donors (Lipinski definition) is 1. The highest BCUT2D eigenvalue weighted by molar-refractivity contribution is 6.26. The van der Waals surface area contributed by atoms with E-state index in [1.165, 1.54) is 0 Å². The van der Waals surface area contributed by atoms with Crippen molar-refractivity contribution in [1.82, 2.24) is 0 Å². The Kier molecular flexibility index (Phi) is 3.19. The van der Waals surface area contributed by atoms with Gasteiger partial charge in [0, 0.05) is 15.8 Å². The molecule has 3 heteroatoms. The van der Waals surface area contributed by atoms with Crippen LogP contribution < -0.4 is 0 Å². The van der Waals surface area contributed by atoms with Crippen LogP contribution in [0.5, 0.6) is 0 Å². The maximum absolute atomic E-state index is 8.20. The molecule has 0 fully saturated rings. The Bertz CT molecular complexity index is 111. The van der Waals surface area contributed by atoms with Gasteiger partial charge in [-0.25, -0.2) is 0 Å². The molecule has 46 valence electrons. The van der Waals surface area contributed by atoms with E-state index in [1.54, 1.807) is 13.0 Å². The maximum atomic E-state index is 8.20. The molecule has 0 radical (unpaired) electrons. The number of nitrogens with zero attached hydrogens (tertiary/aromatic N) is 1. The molecule has 1 atom stereocenters. The second-order valence-electron chi connectivity index (χ2n) is 1.77. The molecule has 0 spiro atoms. The Balaban J connectivity index is 3.81. The maximum Gasteiger partial charge on any atom is 0.0571 e. The molecular weight excluding hydrogens is 118 g/mol. The van der Waals surface area contributed by atoms with Crippen molar-refractivity contribution in [2.45, 2.75) is 12.5 Å². The lowest BCUT2D eigenvalue weighted by atomic mass is 10.3. The van der Waals surface area contributed by atoms with Crippen LogP contribution in [0.25, 0.3) is 0 Å². The van der Waals surface area contributed by atoms with E-state index in [0.29, 0.717) is 5.54 Å². The quantitative estimate of drug-likeness (QED) is 0.186. The molecule has 0 bridgehead atoms. The molecule has 8 heavy (non-hydrogen) atoms. The van der Waals surface area contributed by atoms with Gasteiger partial charge in [0.25, 0.3) is 0 Å². The van der Waals surface area contributed by atoms with Gasteiger partial charge in [-0.3, -0.25) is 0 Å². The van der Waals surface area contributed by atoms with Gasteiger partial charge >= 0.3 is 0 Å². The molecular formula is C5H11NOSi. The zero-order chi connectivity index (χ0) is 6.57. The third-order valence-corrected chi connectivity index (χ3v) is 2.48. The SMILES string of the molecule is C=CC([SiH3])C(C)=NO. The summed E-state index contributed by atoms with van der Waals surface area (Å²) in [6.07, 6.45) is 1.79. The van der Waals surface area contributed by atoms with Gasteiger partial charge in [0.05, 0.1) is 5.71 Å². The number of hydrogen-bond acceptors (Lipinski definition) is 2. The summed E-state index contributed by atoms with van der Waals surface area (Å²) in [5.41, 5.74) is 1.08. The zero-order valence-electron chi connectivity index (χ0n) is 5.26. The van der Waals surface area contributed by atoms with Crippen LogP contribution in [-0.4, -0.2) is 21.2 Å². The Morgan fingerprint density at radius 1 is 2.00 bits per heavy atom. The summed E-state index contributed by atoms with van der Waals surface area (Å²) in [6, 6.07) is 0. The first-order valence-electron chi connectivity index (χ1n) is 2.53. The molecule has 0 amide bonds. The van der Waals surface area contributed by atoms with Crippen molar-refractivity contribution in [2.75, 3.05) is 0 Å². The topological polar surface area (TPSA) is 32.6 Å². The molecule has 2 nitrogen and oxygen atoms in total. The van der Waals surface area contributed by atoms with E-state index >= 15 is 0 Å². The van der Waals surface area contributed by atoms with Crippen LogP contribution in [0.4, 0.5) is 0 Å². The van der Waals surface area contributed by atoms with Crippen molar-refractivity contribution in [2.24, 2.45) is 5.16 Å². The van der Waals surface area contributed by atoms with Crippen LogP contribution in [0.1, 0.15) is 6.92 Å². The lowest BCUT2D eigenvalue weighted by molar-refractivity contribution is 0.318. The van der Waals surface area contributed by atoms with Crippen LogP contribution in [0.3, 0.4) is 0 Å². The Hall–Kier alpha value is -0.573. The normalized spacial score (nSPS) is 15.9. The van der Waals surface area contributed by atoms with Crippen LogP contribution in [-0.2, 0) is 0 Å². The van der Waals surface area contributed by atoms with Gasteiger partial charge in [-0.15, -0.1) is 6.58 Å². The average molecular weight is 129 g/mol. The van der Waals surface area contributed by atoms with Gasteiger partial charge in [-0.2, -0.15) is 0 Å². The largest absolute Gasteiger partial charge is 0.411 e. The van der Waals surface area contributed by atoms with Crippen LogP contribution in [0.15, 0.2) is 17.8 Å². The smallest absolute Gasteiger partial charge is 0.0571 e. The lowest BCUT2D eigenvalue weighted by Gasteiger charge is -1.99. The van der Waals surface area contributed by atoms with E-state index in [2.05, 4.69) is 11.7 Å². The van der Waals surface area contributed by atoms with Crippen molar-refractivity contribution in [3.05, 3.63) is 12.7 Å².